The third-order valence-corrected chi connectivity index (χ3v) is 2.72. The van der Waals surface area contributed by atoms with Crippen LogP contribution in [0.5, 0.6) is 0 Å². The van der Waals surface area contributed by atoms with Gasteiger partial charge >= 0.3 is 0 Å². The van der Waals surface area contributed by atoms with E-state index in [9.17, 15) is 0 Å². The molecular weight excluding hydrogens is 176 g/mol. The minimum Gasteiger partial charge on any atom is -0.334 e. The summed E-state index contributed by atoms with van der Waals surface area (Å²) < 4.78 is 2.21. The predicted molar refractivity (Wildman–Crippen MR) is 56.0 cm³/mol. The highest BCUT2D eigenvalue weighted by atomic mass is 15.2. The van der Waals surface area contributed by atoms with E-state index in [1.807, 2.05) is 6.20 Å². The third kappa shape index (κ3) is 2.13. The van der Waals surface area contributed by atoms with Crippen LogP contribution in [-0.4, -0.2) is 40.6 Å². The molecule has 0 amide bonds. The summed E-state index contributed by atoms with van der Waals surface area (Å²) in [6.45, 7) is 8.64. The van der Waals surface area contributed by atoms with E-state index < -0.39 is 0 Å². The summed E-state index contributed by atoms with van der Waals surface area (Å²) in [4.78, 5) is 6.83. The summed E-state index contributed by atoms with van der Waals surface area (Å²) in [7, 11) is 0. The third-order valence-electron chi connectivity index (χ3n) is 2.72. The number of nitrogens with zero attached hydrogens (tertiary/aromatic N) is 3. The molecule has 0 aliphatic carbocycles. The van der Waals surface area contributed by atoms with Crippen molar-refractivity contribution < 1.29 is 0 Å². The highest BCUT2D eigenvalue weighted by molar-refractivity contribution is 4.92. The predicted octanol–water partition coefficient (Wildman–Crippen LogP) is 0.308. The molecular formula is C10H18N4. The number of aromatic nitrogens is 2. The summed E-state index contributed by atoms with van der Waals surface area (Å²) in [5.74, 6) is 1.19. The van der Waals surface area contributed by atoms with Gasteiger partial charge in [-0.25, -0.2) is 4.98 Å². The van der Waals surface area contributed by atoms with Crippen LogP contribution in [0.1, 0.15) is 12.7 Å². The Kier molecular flexibility index (Phi) is 3.16. The number of hydrogen-bond donors (Lipinski definition) is 1. The molecule has 78 valence electrons. The van der Waals surface area contributed by atoms with Crippen molar-refractivity contribution >= 4 is 0 Å². The monoisotopic (exact) mass is 194 g/mol. The first kappa shape index (κ1) is 9.68. The molecule has 0 radical (unpaired) electrons. The van der Waals surface area contributed by atoms with Gasteiger partial charge < -0.3 is 9.88 Å². The normalized spacial score (nSPS) is 18.6. The maximum atomic E-state index is 4.38. The van der Waals surface area contributed by atoms with E-state index in [1.165, 1.54) is 5.82 Å². The Hall–Kier alpha value is -0.870. The molecule has 2 rings (SSSR count). The van der Waals surface area contributed by atoms with E-state index in [-0.39, 0.29) is 0 Å². The van der Waals surface area contributed by atoms with Gasteiger partial charge in [-0.3, -0.25) is 4.90 Å². The lowest BCUT2D eigenvalue weighted by molar-refractivity contribution is 0.225. The largest absolute Gasteiger partial charge is 0.334 e. The fraction of sp³-hybridized carbons (Fsp3) is 0.700. The SMILES string of the molecule is CCn1ccnc1CN1CCNCC1. The van der Waals surface area contributed by atoms with Gasteiger partial charge in [0.15, 0.2) is 0 Å². The number of aryl methyl sites for hydroxylation is 1. The van der Waals surface area contributed by atoms with E-state index in [4.69, 9.17) is 0 Å². The summed E-state index contributed by atoms with van der Waals surface area (Å²) in [5.41, 5.74) is 0. The molecule has 0 unspecified atom stereocenters. The lowest BCUT2D eigenvalue weighted by atomic mass is 10.3. The minimum atomic E-state index is 0.989. The second kappa shape index (κ2) is 4.57. The first-order valence-electron chi connectivity index (χ1n) is 5.33. The van der Waals surface area contributed by atoms with Gasteiger partial charge in [0.2, 0.25) is 0 Å². The Balaban J connectivity index is 1.95. The van der Waals surface area contributed by atoms with Crippen LogP contribution in [0.15, 0.2) is 12.4 Å². The van der Waals surface area contributed by atoms with Crippen LogP contribution in [0.25, 0.3) is 0 Å². The van der Waals surface area contributed by atoms with Crippen molar-refractivity contribution in [2.45, 2.75) is 20.0 Å². The Labute approximate surface area is 84.9 Å². The molecule has 0 atom stereocenters. The zero-order chi connectivity index (χ0) is 9.80. The van der Waals surface area contributed by atoms with Crippen LogP contribution >= 0.6 is 0 Å². The van der Waals surface area contributed by atoms with Crippen molar-refractivity contribution in [1.29, 1.82) is 0 Å². The molecule has 1 aliphatic heterocycles. The quantitative estimate of drug-likeness (QED) is 0.751. The van der Waals surface area contributed by atoms with Crippen LogP contribution in [-0.2, 0) is 13.1 Å². The maximum Gasteiger partial charge on any atom is 0.122 e. The molecule has 0 aromatic carbocycles. The average Bonchev–Trinajstić information content (AvgIpc) is 2.67. The van der Waals surface area contributed by atoms with Crippen molar-refractivity contribution in [2.24, 2.45) is 0 Å². The molecule has 4 nitrogen and oxygen atoms in total. The fourth-order valence-electron chi connectivity index (χ4n) is 1.85. The van der Waals surface area contributed by atoms with Gasteiger partial charge in [-0.1, -0.05) is 0 Å². The van der Waals surface area contributed by atoms with Crippen LogP contribution in [0.4, 0.5) is 0 Å². The topological polar surface area (TPSA) is 33.1 Å². The van der Waals surface area contributed by atoms with Crippen LogP contribution in [0.2, 0.25) is 0 Å². The van der Waals surface area contributed by atoms with E-state index in [1.54, 1.807) is 0 Å². The van der Waals surface area contributed by atoms with Crippen molar-refractivity contribution in [1.82, 2.24) is 19.8 Å². The molecule has 1 aromatic heterocycles. The van der Waals surface area contributed by atoms with Crippen molar-refractivity contribution in [2.75, 3.05) is 26.2 Å². The van der Waals surface area contributed by atoms with Crippen LogP contribution < -0.4 is 5.32 Å². The molecule has 2 heterocycles. The highest BCUT2D eigenvalue weighted by Gasteiger charge is 2.12. The Morgan fingerprint density at radius 2 is 2.21 bits per heavy atom. The molecule has 1 fully saturated rings. The first-order valence-corrected chi connectivity index (χ1v) is 5.33. The molecule has 1 aliphatic rings. The van der Waals surface area contributed by atoms with Crippen molar-refractivity contribution in [3.05, 3.63) is 18.2 Å². The van der Waals surface area contributed by atoms with Crippen LogP contribution in [0.3, 0.4) is 0 Å². The number of rotatable bonds is 3. The summed E-state index contributed by atoms with van der Waals surface area (Å²) >= 11 is 0. The van der Waals surface area contributed by atoms with Gasteiger partial charge in [-0.15, -0.1) is 0 Å². The summed E-state index contributed by atoms with van der Waals surface area (Å²) in [6, 6.07) is 0. The molecule has 1 aromatic rings. The Morgan fingerprint density at radius 1 is 1.43 bits per heavy atom. The van der Waals surface area contributed by atoms with Gasteiger partial charge in [-0.2, -0.15) is 0 Å². The Morgan fingerprint density at radius 3 is 2.93 bits per heavy atom. The van der Waals surface area contributed by atoms with E-state index in [2.05, 4.69) is 32.9 Å². The maximum absolute atomic E-state index is 4.38. The molecule has 14 heavy (non-hydrogen) atoms. The van der Waals surface area contributed by atoms with E-state index in [0.717, 1.165) is 39.3 Å². The molecule has 1 saturated heterocycles. The molecule has 0 bridgehead atoms. The summed E-state index contributed by atoms with van der Waals surface area (Å²) in [6.07, 6.45) is 3.94. The van der Waals surface area contributed by atoms with Crippen LogP contribution in [0, 0.1) is 0 Å². The van der Waals surface area contributed by atoms with Gasteiger partial charge in [0.25, 0.3) is 0 Å². The molecule has 1 N–H and O–H groups in total. The van der Waals surface area contributed by atoms with Crippen molar-refractivity contribution in [3.8, 4) is 0 Å². The van der Waals surface area contributed by atoms with Gasteiger partial charge in [-0.05, 0) is 6.92 Å². The number of nitrogens with one attached hydrogen (secondary N) is 1. The zero-order valence-electron chi connectivity index (χ0n) is 8.74. The zero-order valence-corrected chi connectivity index (χ0v) is 8.74. The average molecular weight is 194 g/mol. The van der Waals surface area contributed by atoms with Gasteiger partial charge in [0.1, 0.15) is 5.82 Å². The molecule has 4 heteroatoms. The second-order valence-electron chi connectivity index (χ2n) is 3.66. The number of piperazine rings is 1. The smallest absolute Gasteiger partial charge is 0.122 e. The highest BCUT2D eigenvalue weighted by Crippen LogP contribution is 2.03. The lowest BCUT2D eigenvalue weighted by Gasteiger charge is -2.26. The first-order chi connectivity index (χ1) is 6.90. The lowest BCUT2D eigenvalue weighted by Crippen LogP contribution is -2.43. The number of hydrogen-bond acceptors (Lipinski definition) is 3. The van der Waals surface area contributed by atoms with Gasteiger partial charge in [0, 0.05) is 45.1 Å². The molecule has 0 saturated carbocycles. The van der Waals surface area contributed by atoms with Gasteiger partial charge in [0.05, 0.1) is 6.54 Å². The Bertz CT molecular complexity index is 275. The minimum absolute atomic E-state index is 0.989. The number of imidazole rings is 1. The van der Waals surface area contributed by atoms with E-state index in [0.29, 0.717) is 0 Å². The summed E-state index contributed by atoms with van der Waals surface area (Å²) in [5, 5.41) is 3.35. The van der Waals surface area contributed by atoms with Crippen molar-refractivity contribution in [3.63, 3.8) is 0 Å². The molecule has 0 spiro atoms. The standard InChI is InChI=1S/C10H18N4/c1-2-14-8-5-12-10(14)9-13-6-3-11-4-7-13/h5,8,11H,2-4,6-7,9H2,1H3. The fourth-order valence-corrected chi connectivity index (χ4v) is 1.85. The second-order valence-corrected chi connectivity index (χ2v) is 3.66. The van der Waals surface area contributed by atoms with E-state index >= 15 is 0 Å².